The molecule has 4 aromatic rings. The van der Waals surface area contributed by atoms with Crippen molar-refractivity contribution in [3.05, 3.63) is 84.2 Å². The van der Waals surface area contributed by atoms with Crippen LogP contribution < -0.4 is 4.74 Å². The number of aromatic nitrogens is 3. The first-order chi connectivity index (χ1) is 12.3. The molecule has 26 heavy (non-hydrogen) atoms. The highest BCUT2D eigenvalue weighted by Crippen LogP contribution is 2.23. The maximum atomic E-state index is 5.27. The topological polar surface area (TPSA) is 39.9 Å². The van der Waals surface area contributed by atoms with E-state index in [4.69, 9.17) is 9.72 Å². The van der Waals surface area contributed by atoms with Gasteiger partial charge < -0.3 is 4.74 Å². The Hall–Kier alpha value is -3.11. The van der Waals surface area contributed by atoms with Crippen molar-refractivity contribution in [2.24, 2.45) is 0 Å². The molecular weight excluding hydrogens is 346 g/mol. The summed E-state index contributed by atoms with van der Waals surface area (Å²) in [7, 11) is 1.62. The van der Waals surface area contributed by atoms with Gasteiger partial charge in [-0.2, -0.15) is 4.98 Å². The first-order valence-electron chi connectivity index (χ1n) is 8.07. The Bertz CT molecular complexity index is 1040. The Labute approximate surface area is 158 Å². The Kier molecular flexibility index (Phi) is 5.34. The third-order valence-corrected chi connectivity index (χ3v) is 3.96. The van der Waals surface area contributed by atoms with E-state index in [1.54, 1.807) is 7.11 Å². The summed E-state index contributed by atoms with van der Waals surface area (Å²) in [5.41, 5.74) is 3.07. The van der Waals surface area contributed by atoms with Gasteiger partial charge in [-0.25, -0.2) is 4.98 Å². The van der Waals surface area contributed by atoms with Gasteiger partial charge in [0.2, 0.25) is 5.88 Å². The van der Waals surface area contributed by atoms with Gasteiger partial charge in [-0.15, -0.1) is 12.4 Å². The van der Waals surface area contributed by atoms with Gasteiger partial charge >= 0.3 is 0 Å². The van der Waals surface area contributed by atoms with Crippen LogP contribution in [0.5, 0.6) is 5.88 Å². The van der Waals surface area contributed by atoms with Crippen molar-refractivity contribution in [2.45, 2.75) is 0 Å². The summed E-state index contributed by atoms with van der Waals surface area (Å²) in [6.45, 7) is 0. The van der Waals surface area contributed by atoms with E-state index >= 15 is 0 Å². The lowest BCUT2D eigenvalue weighted by Gasteiger charge is -2.07. The van der Waals surface area contributed by atoms with Gasteiger partial charge in [0.1, 0.15) is 11.6 Å². The normalized spacial score (nSPS) is 10.8. The van der Waals surface area contributed by atoms with Gasteiger partial charge in [-0.3, -0.25) is 4.57 Å². The van der Waals surface area contributed by atoms with Crippen LogP contribution in [0.25, 0.3) is 29.0 Å². The highest BCUT2D eigenvalue weighted by Gasteiger charge is 2.11. The Morgan fingerprint density at radius 1 is 0.808 bits per heavy atom. The van der Waals surface area contributed by atoms with Crippen LogP contribution in [0, 0.1) is 0 Å². The zero-order valence-corrected chi connectivity index (χ0v) is 15.1. The molecule has 0 aliphatic carbocycles. The number of hydrogen-bond acceptors (Lipinski definition) is 3. The van der Waals surface area contributed by atoms with E-state index in [0.29, 0.717) is 5.88 Å². The number of nitrogens with zero attached hydrogens (tertiary/aromatic N) is 3. The number of pyridine rings is 1. The fraction of sp³-hybridized carbons (Fsp3) is 0.0476. The average Bonchev–Trinajstić information content (AvgIpc) is 3.05. The van der Waals surface area contributed by atoms with E-state index in [1.807, 2.05) is 71.3 Å². The van der Waals surface area contributed by atoms with Gasteiger partial charge in [0.05, 0.1) is 18.1 Å². The van der Waals surface area contributed by atoms with Gasteiger partial charge in [0.15, 0.2) is 0 Å². The van der Waals surface area contributed by atoms with E-state index in [9.17, 15) is 0 Å². The summed E-state index contributed by atoms with van der Waals surface area (Å²) in [5.74, 6) is 2.18. The van der Waals surface area contributed by atoms with Crippen LogP contribution in [0.2, 0.25) is 0 Å². The standard InChI is InChI=1S/C21H17N3O.ClH/c1-25-21-13-7-12-19(23-21)24-18-11-6-5-10-17(18)22-20(24)15-14-16-8-3-2-4-9-16;/h2-15H,1H3;1H/b15-14+;. The summed E-state index contributed by atoms with van der Waals surface area (Å²) in [4.78, 5) is 9.32. The Balaban J connectivity index is 0.00000196. The average molecular weight is 364 g/mol. The number of methoxy groups -OCH3 is 1. The fourth-order valence-corrected chi connectivity index (χ4v) is 2.77. The second kappa shape index (κ2) is 7.85. The maximum absolute atomic E-state index is 5.27. The molecule has 0 aliphatic heterocycles. The number of halogens is 1. The Morgan fingerprint density at radius 3 is 2.38 bits per heavy atom. The van der Waals surface area contributed by atoms with Crippen molar-refractivity contribution in [1.29, 1.82) is 0 Å². The predicted octanol–water partition coefficient (Wildman–Crippen LogP) is 5.02. The summed E-state index contributed by atoms with van der Waals surface area (Å²) in [6, 6.07) is 23.9. The van der Waals surface area contributed by atoms with E-state index in [0.717, 1.165) is 28.2 Å². The monoisotopic (exact) mass is 363 g/mol. The van der Waals surface area contributed by atoms with Crippen LogP contribution in [0.1, 0.15) is 11.4 Å². The van der Waals surface area contributed by atoms with Crippen LogP contribution in [-0.4, -0.2) is 21.6 Å². The van der Waals surface area contributed by atoms with Crippen molar-refractivity contribution in [3.8, 4) is 11.7 Å². The molecule has 0 spiro atoms. The Morgan fingerprint density at radius 2 is 1.58 bits per heavy atom. The molecule has 130 valence electrons. The molecule has 2 aromatic heterocycles. The van der Waals surface area contributed by atoms with Gasteiger partial charge in [0, 0.05) is 6.07 Å². The minimum absolute atomic E-state index is 0. The molecule has 0 fully saturated rings. The molecular formula is C21H18ClN3O. The van der Waals surface area contributed by atoms with Crippen LogP contribution in [0.15, 0.2) is 72.8 Å². The van der Waals surface area contributed by atoms with E-state index in [2.05, 4.69) is 23.2 Å². The van der Waals surface area contributed by atoms with E-state index < -0.39 is 0 Å². The number of hydrogen-bond donors (Lipinski definition) is 0. The van der Waals surface area contributed by atoms with Crippen LogP contribution in [0.3, 0.4) is 0 Å². The fourth-order valence-electron chi connectivity index (χ4n) is 2.77. The molecule has 0 amide bonds. The van der Waals surface area contributed by atoms with E-state index in [-0.39, 0.29) is 12.4 Å². The molecule has 4 rings (SSSR count). The van der Waals surface area contributed by atoms with Crippen LogP contribution >= 0.6 is 12.4 Å². The number of fused-ring (bicyclic) bond motifs is 1. The second-order valence-electron chi connectivity index (χ2n) is 5.58. The van der Waals surface area contributed by atoms with Crippen molar-refractivity contribution in [1.82, 2.24) is 14.5 Å². The molecule has 0 saturated carbocycles. The SMILES string of the molecule is COc1cccc(-n2c(/C=C/c3ccccc3)nc3ccccc32)n1.Cl. The zero-order valence-electron chi connectivity index (χ0n) is 14.2. The number of rotatable bonds is 4. The summed E-state index contributed by atoms with van der Waals surface area (Å²) in [6.07, 6.45) is 4.06. The highest BCUT2D eigenvalue weighted by molar-refractivity contribution is 5.85. The smallest absolute Gasteiger partial charge is 0.214 e. The van der Waals surface area contributed by atoms with Crippen molar-refractivity contribution < 1.29 is 4.74 Å². The van der Waals surface area contributed by atoms with Crippen molar-refractivity contribution in [2.75, 3.05) is 7.11 Å². The third kappa shape index (κ3) is 3.46. The molecule has 0 unspecified atom stereocenters. The molecule has 2 heterocycles. The lowest BCUT2D eigenvalue weighted by molar-refractivity contribution is 0.397. The summed E-state index contributed by atoms with van der Waals surface area (Å²) < 4.78 is 7.31. The molecule has 2 aromatic carbocycles. The number of ether oxygens (including phenoxy) is 1. The summed E-state index contributed by atoms with van der Waals surface area (Å²) in [5, 5.41) is 0. The maximum Gasteiger partial charge on any atom is 0.214 e. The first kappa shape index (κ1) is 17.7. The highest BCUT2D eigenvalue weighted by atomic mass is 35.5. The number of benzene rings is 2. The van der Waals surface area contributed by atoms with Crippen LogP contribution in [0.4, 0.5) is 0 Å². The van der Waals surface area contributed by atoms with Gasteiger partial charge in [0.25, 0.3) is 0 Å². The quantitative estimate of drug-likeness (QED) is 0.511. The third-order valence-electron chi connectivity index (χ3n) is 3.96. The molecule has 0 bridgehead atoms. The molecule has 4 nitrogen and oxygen atoms in total. The lowest BCUT2D eigenvalue weighted by Crippen LogP contribution is -2.01. The molecule has 0 atom stereocenters. The van der Waals surface area contributed by atoms with Gasteiger partial charge in [-0.1, -0.05) is 54.6 Å². The minimum Gasteiger partial charge on any atom is -0.481 e. The number of imidazole rings is 1. The van der Waals surface area contributed by atoms with Gasteiger partial charge in [-0.05, 0) is 29.8 Å². The molecule has 5 heteroatoms. The first-order valence-corrected chi connectivity index (χ1v) is 8.07. The number of para-hydroxylation sites is 2. The minimum atomic E-state index is 0. The van der Waals surface area contributed by atoms with Crippen LogP contribution in [-0.2, 0) is 0 Å². The van der Waals surface area contributed by atoms with Crippen molar-refractivity contribution in [3.63, 3.8) is 0 Å². The lowest BCUT2D eigenvalue weighted by atomic mass is 10.2. The summed E-state index contributed by atoms with van der Waals surface area (Å²) >= 11 is 0. The largest absolute Gasteiger partial charge is 0.481 e. The molecule has 0 N–H and O–H groups in total. The molecule has 0 saturated heterocycles. The van der Waals surface area contributed by atoms with Crippen molar-refractivity contribution >= 4 is 35.6 Å². The predicted molar refractivity (Wildman–Crippen MR) is 108 cm³/mol. The molecule has 0 aliphatic rings. The zero-order chi connectivity index (χ0) is 17.1. The second-order valence-corrected chi connectivity index (χ2v) is 5.58. The molecule has 0 radical (unpaired) electrons. The van der Waals surface area contributed by atoms with E-state index in [1.165, 1.54) is 0 Å².